The fraction of sp³-hybridized carbons (Fsp3) is 0. The van der Waals surface area contributed by atoms with E-state index in [4.69, 9.17) is 5.11 Å². The summed E-state index contributed by atoms with van der Waals surface area (Å²) in [6, 6.07) is 5.47. The zero-order valence-electron chi connectivity index (χ0n) is 6.56. The topological polar surface area (TPSA) is 37.3 Å². The highest BCUT2D eigenvalue weighted by molar-refractivity contribution is 7.17. The van der Waals surface area contributed by atoms with Crippen LogP contribution in [0.1, 0.15) is 9.67 Å². The van der Waals surface area contributed by atoms with E-state index in [9.17, 15) is 4.79 Å². The molecule has 0 atom stereocenters. The number of rotatable bonds is 2. The molecule has 0 saturated carbocycles. The summed E-state index contributed by atoms with van der Waals surface area (Å²) in [5.74, 6) is -0.855. The fourth-order valence-corrected chi connectivity index (χ4v) is 2.58. The standard InChI is InChI=1S/C9H6O2S2/c10-9(11)8-2-1-7(13-8)6-3-4-12-5-6/h1-5H,(H,10,11). The Morgan fingerprint density at radius 1 is 1.31 bits per heavy atom. The van der Waals surface area contributed by atoms with Gasteiger partial charge < -0.3 is 5.11 Å². The molecule has 0 aliphatic rings. The highest BCUT2D eigenvalue weighted by Gasteiger charge is 2.07. The van der Waals surface area contributed by atoms with E-state index >= 15 is 0 Å². The Morgan fingerprint density at radius 3 is 2.69 bits per heavy atom. The average molecular weight is 210 g/mol. The van der Waals surface area contributed by atoms with Gasteiger partial charge in [0.1, 0.15) is 4.88 Å². The van der Waals surface area contributed by atoms with Crippen LogP contribution >= 0.6 is 22.7 Å². The van der Waals surface area contributed by atoms with Crippen LogP contribution in [0.5, 0.6) is 0 Å². The second-order valence-corrected chi connectivity index (χ2v) is 4.34. The quantitative estimate of drug-likeness (QED) is 0.826. The maximum absolute atomic E-state index is 10.6. The average Bonchev–Trinajstić information content (AvgIpc) is 2.75. The summed E-state index contributed by atoms with van der Waals surface area (Å²) in [5, 5.41) is 12.7. The van der Waals surface area contributed by atoms with Crippen LogP contribution in [0.15, 0.2) is 29.0 Å². The van der Waals surface area contributed by atoms with Crippen molar-refractivity contribution < 1.29 is 9.90 Å². The van der Waals surface area contributed by atoms with Crippen LogP contribution in [0, 0.1) is 0 Å². The van der Waals surface area contributed by atoms with Crippen LogP contribution in [0.4, 0.5) is 0 Å². The Morgan fingerprint density at radius 2 is 2.15 bits per heavy atom. The summed E-state index contributed by atoms with van der Waals surface area (Å²) < 4.78 is 0. The molecule has 2 aromatic rings. The molecule has 0 fully saturated rings. The number of hydrogen-bond acceptors (Lipinski definition) is 3. The first-order chi connectivity index (χ1) is 6.27. The fourth-order valence-electron chi connectivity index (χ4n) is 1.01. The molecule has 4 heteroatoms. The van der Waals surface area contributed by atoms with Gasteiger partial charge in [-0.25, -0.2) is 4.79 Å². The zero-order chi connectivity index (χ0) is 9.26. The van der Waals surface area contributed by atoms with E-state index in [-0.39, 0.29) is 0 Å². The van der Waals surface area contributed by atoms with E-state index in [2.05, 4.69) is 0 Å². The van der Waals surface area contributed by atoms with Crippen molar-refractivity contribution in [3.63, 3.8) is 0 Å². The third kappa shape index (κ3) is 1.64. The lowest BCUT2D eigenvalue weighted by Crippen LogP contribution is -1.89. The number of carboxylic acid groups (broad SMARTS) is 1. The molecule has 0 aromatic carbocycles. The number of aromatic carboxylic acids is 1. The first-order valence-corrected chi connectivity index (χ1v) is 5.39. The van der Waals surface area contributed by atoms with Gasteiger partial charge in [0, 0.05) is 10.4 Å². The maximum Gasteiger partial charge on any atom is 0.345 e. The van der Waals surface area contributed by atoms with Gasteiger partial charge in [0.05, 0.1) is 0 Å². The maximum atomic E-state index is 10.6. The Hall–Kier alpha value is -1.13. The largest absolute Gasteiger partial charge is 0.477 e. The molecule has 0 radical (unpaired) electrons. The number of carboxylic acids is 1. The van der Waals surface area contributed by atoms with Crippen LogP contribution in [0.25, 0.3) is 10.4 Å². The SMILES string of the molecule is O=C(O)c1ccc(-c2ccsc2)s1. The summed E-state index contributed by atoms with van der Waals surface area (Å²) in [5.41, 5.74) is 1.10. The lowest BCUT2D eigenvalue weighted by atomic mass is 10.3. The Labute approximate surface area is 83.1 Å². The number of thiophene rings is 2. The number of carbonyl (C=O) groups is 1. The van der Waals surface area contributed by atoms with Gasteiger partial charge in [-0.3, -0.25) is 0 Å². The Bertz CT molecular complexity index is 415. The molecule has 0 unspecified atom stereocenters. The van der Waals surface area contributed by atoms with Gasteiger partial charge in [0.15, 0.2) is 0 Å². The molecule has 0 spiro atoms. The van der Waals surface area contributed by atoms with E-state index in [0.29, 0.717) is 4.88 Å². The molecule has 2 rings (SSSR count). The minimum absolute atomic E-state index is 0.390. The molecular formula is C9H6O2S2. The molecule has 2 heterocycles. The minimum atomic E-state index is -0.855. The molecule has 0 aliphatic heterocycles. The summed E-state index contributed by atoms with van der Waals surface area (Å²) in [6.45, 7) is 0. The van der Waals surface area contributed by atoms with Crippen LogP contribution in [-0.4, -0.2) is 11.1 Å². The predicted molar refractivity (Wildman–Crippen MR) is 54.6 cm³/mol. The first-order valence-electron chi connectivity index (χ1n) is 3.63. The smallest absolute Gasteiger partial charge is 0.345 e. The highest BCUT2D eigenvalue weighted by Crippen LogP contribution is 2.29. The lowest BCUT2D eigenvalue weighted by molar-refractivity contribution is 0.0702. The van der Waals surface area contributed by atoms with Crippen molar-refractivity contribution in [2.24, 2.45) is 0 Å². The van der Waals surface area contributed by atoms with Crippen LogP contribution in [0.2, 0.25) is 0 Å². The van der Waals surface area contributed by atoms with Gasteiger partial charge in [-0.15, -0.1) is 11.3 Å². The van der Waals surface area contributed by atoms with E-state index < -0.39 is 5.97 Å². The van der Waals surface area contributed by atoms with E-state index in [1.807, 2.05) is 22.9 Å². The van der Waals surface area contributed by atoms with Crippen LogP contribution in [0.3, 0.4) is 0 Å². The van der Waals surface area contributed by atoms with Gasteiger partial charge >= 0.3 is 5.97 Å². The van der Waals surface area contributed by atoms with Gasteiger partial charge in [-0.2, -0.15) is 11.3 Å². The van der Waals surface area contributed by atoms with Crippen molar-refractivity contribution in [1.29, 1.82) is 0 Å². The summed E-state index contributed by atoms with van der Waals surface area (Å²) in [4.78, 5) is 12.0. The van der Waals surface area contributed by atoms with Gasteiger partial charge in [0.25, 0.3) is 0 Å². The molecule has 0 aliphatic carbocycles. The monoisotopic (exact) mass is 210 g/mol. The normalized spacial score (nSPS) is 10.2. The van der Waals surface area contributed by atoms with Crippen molar-refractivity contribution >= 4 is 28.6 Å². The summed E-state index contributed by atoms with van der Waals surface area (Å²) in [6.07, 6.45) is 0. The predicted octanol–water partition coefficient (Wildman–Crippen LogP) is 3.17. The van der Waals surface area contributed by atoms with E-state index in [1.54, 1.807) is 17.4 Å². The molecule has 0 saturated heterocycles. The molecule has 66 valence electrons. The van der Waals surface area contributed by atoms with E-state index in [1.165, 1.54) is 11.3 Å². The molecule has 2 aromatic heterocycles. The molecule has 13 heavy (non-hydrogen) atoms. The molecule has 0 amide bonds. The van der Waals surface area contributed by atoms with Crippen molar-refractivity contribution in [1.82, 2.24) is 0 Å². The third-order valence-electron chi connectivity index (χ3n) is 1.62. The zero-order valence-corrected chi connectivity index (χ0v) is 8.19. The van der Waals surface area contributed by atoms with Crippen LogP contribution < -0.4 is 0 Å². The molecule has 1 N–H and O–H groups in total. The van der Waals surface area contributed by atoms with E-state index in [0.717, 1.165) is 10.4 Å². The van der Waals surface area contributed by atoms with Gasteiger partial charge in [-0.05, 0) is 29.0 Å². The lowest BCUT2D eigenvalue weighted by Gasteiger charge is -1.87. The van der Waals surface area contributed by atoms with Crippen molar-refractivity contribution in [3.05, 3.63) is 33.8 Å². The van der Waals surface area contributed by atoms with Gasteiger partial charge in [-0.1, -0.05) is 0 Å². The third-order valence-corrected chi connectivity index (χ3v) is 3.43. The van der Waals surface area contributed by atoms with Gasteiger partial charge in [0.2, 0.25) is 0 Å². The molecule has 2 nitrogen and oxygen atoms in total. The summed E-state index contributed by atoms with van der Waals surface area (Å²) in [7, 11) is 0. The number of hydrogen-bond donors (Lipinski definition) is 1. The molecule has 0 bridgehead atoms. The van der Waals surface area contributed by atoms with Crippen molar-refractivity contribution in [2.45, 2.75) is 0 Å². The second kappa shape index (κ2) is 3.32. The van der Waals surface area contributed by atoms with Crippen LogP contribution in [-0.2, 0) is 0 Å². The van der Waals surface area contributed by atoms with Crippen molar-refractivity contribution in [3.8, 4) is 10.4 Å². The highest BCUT2D eigenvalue weighted by atomic mass is 32.1. The molecular weight excluding hydrogens is 204 g/mol. The second-order valence-electron chi connectivity index (χ2n) is 2.48. The Kier molecular flexibility index (Phi) is 2.16. The first kappa shape index (κ1) is 8.47. The minimum Gasteiger partial charge on any atom is -0.477 e. The van der Waals surface area contributed by atoms with Crippen molar-refractivity contribution in [2.75, 3.05) is 0 Å². The Balaban J connectivity index is 2.39. The summed E-state index contributed by atoms with van der Waals surface area (Å²) >= 11 is 2.92.